The number of alkyl halides is 3. The average Bonchev–Trinajstić information content (AvgIpc) is 3.24. The van der Waals surface area contributed by atoms with E-state index in [-0.39, 0.29) is 35.5 Å². The first kappa shape index (κ1) is 26.8. The highest BCUT2D eigenvalue weighted by atomic mass is 79.9. The van der Waals surface area contributed by atoms with Gasteiger partial charge in [-0.05, 0) is 49.8 Å². The fourth-order valence-electron chi connectivity index (χ4n) is 7.58. The number of carbonyl (C=O) groups is 4. The highest BCUT2D eigenvalue weighted by Crippen LogP contribution is 2.66. The second kappa shape index (κ2) is 9.32. The number of halogens is 4. The van der Waals surface area contributed by atoms with Crippen LogP contribution in [0.1, 0.15) is 56.4 Å². The van der Waals surface area contributed by atoms with Gasteiger partial charge in [0.05, 0.1) is 17.3 Å². The number of fused-ring (bicyclic) bond motifs is 4. The van der Waals surface area contributed by atoms with Crippen LogP contribution in [0, 0.1) is 17.8 Å². The number of imide groups is 2. The van der Waals surface area contributed by atoms with E-state index in [4.69, 9.17) is 23.2 Å². The van der Waals surface area contributed by atoms with Crippen molar-refractivity contribution < 1.29 is 24.3 Å². The fourth-order valence-corrected chi connectivity index (χ4v) is 9.37. The lowest BCUT2D eigenvalue weighted by Crippen LogP contribution is -2.60. The average molecular weight is 689 g/mol. The van der Waals surface area contributed by atoms with Crippen molar-refractivity contribution in [3.63, 3.8) is 0 Å². The summed E-state index contributed by atoms with van der Waals surface area (Å²) in [5.41, 5.74) is 0.926. The summed E-state index contributed by atoms with van der Waals surface area (Å²) in [6, 6.07) is 4.71. The Morgan fingerprint density at radius 2 is 1.71 bits per heavy atom. The lowest BCUT2D eigenvalue weighted by atomic mass is 9.56. The van der Waals surface area contributed by atoms with E-state index in [2.05, 4.69) is 31.9 Å². The molecule has 38 heavy (non-hydrogen) atoms. The van der Waals surface area contributed by atoms with Gasteiger partial charge in [0.1, 0.15) is 5.75 Å². The number of rotatable bonds is 3. The van der Waals surface area contributed by atoms with Crippen LogP contribution < -0.4 is 0 Å². The number of likely N-dealkylation sites (tertiary alicyclic amines) is 2. The Balaban J connectivity index is 1.51. The maximum Gasteiger partial charge on any atom is 0.254 e. The SMILES string of the molecule is O=C1[C@H]2[C@H](CC=C3[C@H]2C[C@@]2(Cl)C(=O)N(CBr)C(=O)[C@@]2(Cl)[C@H]3c2cc(Br)ccc2O)C(=O)N1C1CCCCC1. The van der Waals surface area contributed by atoms with Crippen LogP contribution in [0.5, 0.6) is 5.75 Å². The summed E-state index contributed by atoms with van der Waals surface area (Å²) in [7, 11) is 0. The maximum absolute atomic E-state index is 14.0. The van der Waals surface area contributed by atoms with Crippen molar-refractivity contribution in [2.45, 2.75) is 66.7 Å². The molecule has 6 atom stereocenters. The first-order chi connectivity index (χ1) is 18.1. The number of phenolic OH excluding ortho intramolecular Hbond substituents is 1. The quantitative estimate of drug-likeness (QED) is 0.204. The Kier molecular flexibility index (Phi) is 6.57. The van der Waals surface area contributed by atoms with Crippen molar-refractivity contribution in [3.8, 4) is 5.75 Å². The Bertz CT molecular complexity index is 1300. The summed E-state index contributed by atoms with van der Waals surface area (Å²) >= 11 is 21.1. The largest absolute Gasteiger partial charge is 0.508 e. The normalized spacial score (nSPS) is 37.3. The molecule has 6 rings (SSSR count). The van der Waals surface area contributed by atoms with Crippen LogP contribution in [0.3, 0.4) is 0 Å². The third kappa shape index (κ3) is 3.43. The van der Waals surface area contributed by atoms with Gasteiger partial charge in [0.15, 0.2) is 9.75 Å². The van der Waals surface area contributed by atoms with E-state index >= 15 is 0 Å². The molecule has 3 aliphatic carbocycles. The molecule has 1 N–H and O–H groups in total. The zero-order valence-corrected chi connectivity index (χ0v) is 25.0. The predicted octanol–water partition coefficient (Wildman–Crippen LogP) is 5.20. The van der Waals surface area contributed by atoms with Crippen molar-refractivity contribution in [2.75, 3.05) is 5.45 Å². The standard InChI is InChI=1S/C27H26Br2Cl2N2O5/c28-12-32-24(37)26(30)11-18-15(21(27(26,31)25(32)38)17-10-13(29)6-9-19(17)34)7-8-16-20(18)23(36)33(22(16)35)14-4-2-1-3-5-14/h6-7,9-10,14,16,18,20-21,34H,1-5,8,11-12H2/t16-,18+,20-,21+,26+,27-/m0/s1. The van der Waals surface area contributed by atoms with Gasteiger partial charge in [-0.15, -0.1) is 23.2 Å². The monoisotopic (exact) mass is 686 g/mol. The lowest BCUT2D eigenvalue weighted by Gasteiger charge is -2.50. The van der Waals surface area contributed by atoms with Crippen LogP contribution in [-0.2, 0) is 19.2 Å². The van der Waals surface area contributed by atoms with Crippen LogP contribution in [0.2, 0.25) is 0 Å². The summed E-state index contributed by atoms with van der Waals surface area (Å²) < 4.78 is 0.645. The Hall–Kier alpha value is -1.42. The molecule has 2 saturated carbocycles. The molecular formula is C27H26Br2Cl2N2O5. The van der Waals surface area contributed by atoms with Gasteiger partial charge < -0.3 is 5.11 Å². The van der Waals surface area contributed by atoms with Crippen LogP contribution >= 0.6 is 55.1 Å². The Morgan fingerprint density at radius 3 is 2.39 bits per heavy atom. The summed E-state index contributed by atoms with van der Waals surface area (Å²) in [5, 5.41) is 11.0. The van der Waals surface area contributed by atoms with Crippen molar-refractivity contribution in [1.29, 1.82) is 0 Å². The Labute approximate surface area is 247 Å². The molecule has 0 bridgehead atoms. The van der Waals surface area contributed by atoms with E-state index < -0.39 is 45.2 Å². The van der Waals surface area contributed by atoms with E-state index in [1.54, 1.807) is 12.1 Å². The molecule has 4 amide bonds. The first-order valence-corrected chi connectivity index (χ1v) is 15.6. The maximum atomic E-state index is 14.0. The van der Waals surface area contributed by atoms with Crippen molar-refractivity contribution in [1.82, 2.24) is 9.80 Å². The highest BCUT2D eigenvalue weighted by molar-refractivity contribution is 9.10. The number of hydrogen-bond acceptors (Lipinski definition) is 5. The number of allylic oxidation sites excluding steroid dienone is 2. The molecule has 11 heteroatoms. The minimum absolute atomic E-state index is 0.0537. The molecule has 4 fully saturated rings. The molecule has 0 aromatic heterocycles. The number of amides is 4. The van der Waals surface area contributed by atoms with Crippen molar-refractivity contribution in [2.24, 2.45) is 17.8 Å². The molecule has 0 spiro atoms. The van der Waals surface area contributed by atoms with E-state index in [0.29, 0.717) is 22.0 Å². The summed E-state index contributed by atoms with van der Waals surface area (Å²) in [4.78, 5) is 53.7. The van der Waals surface area contributed by atoms with E-state index in [9.17, 15) is 24.3 Å². The van der Waals surface area contributed by atoms with Gasteiger partial charge in [-0.25, -0.2) is 0 Å². The minimum Gasteiger partial charge on any atom is -0.508 e. The Morgan fingerprint density at radius 1 is 1.00 bits per heavy atom. The second-order valence-electron chi connectivity index (χ2n) is 11.0. The molecule has 2 heterocycles. The number of phenols is 1. The predicted molar refractivity (Wildman–Crippen MR) is 148 cm³/mol. The van der Waals surface area contributed by atoms with Crippen LogP contribution in [0.15, 0.2) is 34.3 Å². The molecule has 2 saturated heterocycles. The van der Waals surface area contributed by atoms with Crippen LogP contribution in [-0.4, -0.2) is 59.8 Å². The lowest BCUT2D eigenvalue weighted by molar-refractivity contribution is -0.144. The van der Waals surface area contributed by atoms with Crippen LogP contribution in [0.25, 0.3) is 0 Å². The van der Waals surface area contributed by atoms with Gasteiger partial charge in [0.2, 0.25) is 11.8 Å². The van der Waals surface area contributed by atoms with Crippen molar-refractivity contribution in [3.05, 3.63) is 39.9 Å². The molecular weight excluding hydrogens is 663 g/mol. The number of aromatic hydroxyl groups is 1. The number of benzene rings is 1. The molecule has 0 radical (unpaired) electrons. The van der Waals surface area contributed by atoms with Gasteiger partial charge in [-0.3, -0.25) is 29.0 Å². The second-order valence-corrected chi connectivity index (χ2v) is 13.7. The van der Waals surface area contributed by atoms with Crippen LogP contribution in [0.4, 0.5) is 0 Å². The first-order valence-electron chi connectivity index (χ1n) is 12.9. The molecule has 1 aromatic rings. The van der Waals surface area contributed by atoms with Gasteiger partial charge >= 0.3 is 0 Å². The van der Waals surface area contributed by atoms with Gasteiger partial charge in [0, 0.05) is 22.0 Å². The number of nitrogens with zero attached hydrogens (tertiary/aromatic N) is 2. The number of hydrogen-bond donors (Lipinski definition) is 1. The molecule has 2 aliphatic heterocycles. The van der Waals surface area contributed by atoms with Gasteiger partial charge in [-0.2, -0.15) is 0 Å². The molecule has 7 nitrogen and oxygen atoms in total. The topological polar surface area (TPSA) is 95.0 Å². The van der Waals surface area contributed by atoms with Crippen molar-refractivity contribution >= 4 is 78.7 Å². The third-order valence-electron chi connectivity index (χ3n) is 9.29. The van der Waals surface area contributed by atoms with Gasteiger partial charge in [-0.1, -0.05) is 62.8 Å². The molecule has 202 valence electrons. The summed E-state index contributed by atoms with van der Waals surface area (Å²) in [5.74, 6) is -4.59. The van der Waals surface area contributed by atoms with E-state index in [0.717, 1.165) is 37.0 Å². The van der Waals surface area contributed by atoms with E-state index in [1.165, 1.54) is 11.0 Å². The fraction of sp³-hybridized carbons (Fsp3) is 0.556. The smallest absolute Gasteiger partial charge is 0.254 e. The molecule has 5 aliphatic rings. The highest BCUT2D eigenvalue weighted by Gasteiger charge is 2.76. The zero-order valence-electron chi connectivity index (χ0n) is 20.3. The van der Waals surface area contributed by atoms with E-state index in [1.807, 2.05) is 6.08 Å². The summed E-state index contributed by atoms with van der Waals surface area (Å²) in [6.45, 7) is 0. The molecule has 0 unspecified atom stereocenters. The number of carbonyl (C=O) groups excluding carboxylic acids is 4. The minimum atomic E-state index is -1.93. The zero-order chi connectivity index (χ0) is 27.1. The summed E-state index contributed by atoms with van der Waals surface area (Å²) in [6.07, 6.45) is 6.81. The molecule has 1 aromatic carbocycles. The van der Waals surface area contributed by atoms with Gasteiger partial charge in [0.25, 0.3) is 11.8 Å². The third-order valence-corrected chi connectivity index (χ3v) is 11.7.